The summed E-state index contributed by atoms with van der Waals surface area (Å²) in [5.41, 5.74) is 0. The van der Waals surface area contributed by atoms with E-state index in [-0.39, 0.29) is 0 Å². The van der Waals surface area contributed by atoms with Crippen molar-refractivity contribution < 1.29 is 0 Å². The van der Waals surface area contributed by atoms with E-state index in [1.54, 1.807) is 0 Å². The molecule has 0 aromatic carbocycles. The minimum absolute atomic E-state index is 0.712. The standard InChI is InChI=1S/C12H25N3/c1-10-8-15(9-11(2)14(10)3)12-4-6-13-7-5-12/h10-13H,4-9H2,1-3H3. The van der Waals surface area contributed by atoms with Crippen LogP contribution in [0.5, 0.6) is 0 Å². The van der Waals surface area contributed by atoms with Crippen molar-refractivity contribution in [2.45, 2.75) is 44.8 Å². The molecule has 88 valence electrons. The second kappa shape index (κ2) is 4.81. The summed E-state index contributed by atoms with van der Waals surface area (Å²) in [6.45, 7) is 9.63. The minimum atomic E-state index is 0.712. The summed E-state index contributed by atoms with van der Waals surface area (Å²) in [4.78, 5) is 5.23. The Labute approximate surface area is 93.8 Å². The molecule has 2 atom stereocenters. The Morgan fingerprint density at radius 3 is 2.07 bits per heavy atom. The fourth-order valence-corrected chi connectivity index (χ4v) is 2.92. The maximum absolute atomic E-state index is 3.45. The predicted octanol–water partition coefficient (Wildman–Crippen LogP) is 0.763. The molecule has 0 aromatic heterocycles. The molecule has 3 nitrogen and oxygen atoms in total. The maximum atomic E-state index is 3.45. The van der Waals surface area contributed by atoms with Gasteiger partial charge in [-0.15, -0.1) is 0 Å². The van der Waals surface area contributed by atoms with Gasteiger partial charge in [-0.3, -0.25) is 9.80 Å². The Bertz CT molecular complexity index is 189. The molecule has 2 rings (SSSR count). The third-order valence-electron chi connectivity index (χ3n) is 4.21. The molecule has 1 N–H and O–H groups in total. The molecule has 0 spiro atoms. The molecule has 0 bridgehead atoms. The molecule has 15 heavy (non-hydrogen) atoms. The van der Waals surface area contributed by atoms with Gasteiger partial charge in [0.2, 0.25) is 0 Å². The molecule has 3 heteroatoms. The number of hydrogen-bond acceptors (Lipinski definition) is 3. The first-order valence-corrected chi connectivity index (χ1v) is 6.35. The molecule has 2 unspecified atom stereocenters. The van der Waals surface area contributed by atoms with Crippen molar-refractivity contribution in [1.82, 2.24) is 15.1 Å². The van der Waals surface area contributed by atoms with Crippen LogP contribution < -0.4 is 5.32 Å². The summed E-state index contributed by atoms with van der Waals surface area (Å²) in [5, 5.41) is 3.45. The topological polar surface area (TPSA) is 18.5 Å². The number of nitrogens with one attached hydrogen (secondary N) is 1. The fourth-order valence-electron chi connectivity index (χ4n) is 2.92. The largest absolute Gasteiger partial charge is 0.317 e. The van der Waals surface area contributed by atoms with E-state index in [2.05, 4.69) is 36.0 Å². The van der Waals surface area contributed by atoms with Gasteiger partial charge >= 0.3 is 0 Å². The van der Waals surface area contributed by atoms with Gasteiger partial charge in [0.05, 0.1) is 0 Å². The third-order valence-corrected chi connectivity index (χ3v) is 4.21. The molecule has 2 aliphatic rings. The van der Waals surface area contributed by atoms with Gasteiger partial charge in [0.15, 0.2) is 0 Å². The molecule has 0 radical (unpaired) electrons. The van der Waals surface area contributed by atoms with Crippen LogP contribution in [0.4, 0.5) is 0 Å². The Morgan fingerprint density at radius 2 is 1.53 bits per heavy atom. The number of piperazine rings is 1. The van der Waals surface area contributed by atoms with E-state index in [4.69, 9.17) is 0 Å². The minimum Gasteiger partial charge on any atom is -0.317 e. The summed E-state index contributed by atoms with van der Waals surface area (Å²) in [6, 6.07) is 2.26. The van der Waals surface area contributed by atoms with Crippen molar-refractivity contribution in [3.8, 4) is 0 Å². The quantitative estimate of drug-likeness (QED) is 0.691. The highest BCUT2D eigenvalue weighted by atomic mass is 15.3. The average Bonchev–Trinajstić information content (AvgIpc) is 2.26. The Kier molecular flexibility index (Phi) is 3.65. The van der Waals surface area contributed by atoms with E-state index in [1.165, 1.54) is 39.0 Å². The molecule has 0 saturated carbocycles. The van der Waals surface area contributed by atoms with Crippen molar-refractivity contribution in [3.63, 3.8) is 0 Å². The molecule has 2 aliphatic heterocycles. The monoisotopic (exact) mass is 211 g/mol. The van der Waals surface area contributed by atoms with Crippen molar-refractivity contribution in [2.75, 3.05) is 33.2 Å². The van der Waals surface area contributed by atoms with E-state index in [9.17, 15) is 0 Å². The second-order valence-corrected chi connectivity index (χ2v) is 5.30. The average molecular weight is 211 g/mol. The molecule has 0 aliphatic carbocycles. The number of hydrogen-bond donors (Lipinski definition) is 1. The summed E-state index contributed by atoms with van der Waals surface area (Å²) in [7, 11) is 2.26. The molecule has 2 heterocycles. The van der Waals surface area contributed by atoms with Crippen molar-refractivity contribution >= 4 is 0 Å². The summed E-state index contributed by atoms with van der Waals surface area (Å²) in [6.07, 6.45) is 2.67. The number of nitrogens with zero attached hydrogens (tertiary/aromatic N) is 2. The van der Waals surface area contributed by atoms with Gasteiger partial charge in [-0.25, -0.2) is 0 Å². The summed E-state index contributed by atoms with van der Waals surface area (Å²) >= 11 is 0. The Hall–Kier alpha value is -0.120. The molecule has 2 saturated heterocycles. The van der Waals surface area contributed by atoms with Crippen LogP contribution in [0.1, 0.15) is 26.7 Å². The third kappa shape index (κ3) is 2.52. The van der Waals surface area contributed by atoms with E-state index in [1.807, 2.05) is 0 Å². The number of rotatable bonds is 1. The van der Waals surface area contributed by atoms with Crippen LogP contribution >= 0.6 is 0 Å². The van der Waals surface area contributed by atoms with Crippen LogP contribution in [0.15, 0.2) is 0 Å². The van der Waals surface area contributed by atoms with Crippen molar-refractivity contribution in [3.05, 3.63) is 0 Å². The normalized spacial score (nSPS) is 37.0. The van der Waals surface area contributed by atoms with Crippen LogP contribution in [0.3, 0.4) is 0 Å². The van der Waals surface area contributed by atoms with Gasteiger partial charge in [-0.2, -0.15) is 0 Å². The zero-order chi connectivity index (χ0) is 10.8. The Morgan fingerprint density at radius 1 is 1.00 bits per heavy atom. The second-order valence-electron chi connectivity index (χ2n) is 5.30. The van der Waals surface area contributed by atoms with Crippen LogP contribution in [-0.4, -0.2) is 61.2 Å². The number of likely N-dealkylation sites (N-methyl/N-ethyl adjacent to an activating group) is 1. The highest BCUT2D eigenvalue weighted by Gasteiger charge is 2.30. The first-order valence-electron chi connectivity index (χ1n) is 6.35. The maximum Gasteiger partial charge on any atom is 0.0195 e. The Balaban J connectivity index is 1.92. The first-order chi connectivity index (χ1) is 7.18. The lowest BCUT2D eigenvalue weighted by Gasteiger charge is -2.46. The predicted molar refractivity (Wildman–Crippen MR) is 64.2 cm³/mol. The van der Waals surface area contributed by atoms with Gasteiger partial charge in [0, 0.05) is 31.2 Å². The highest BCUT2D eigenvalue weighted by molar-refractivity contribution is 4.88. The lowest BCUT2D eigenvalue weighted by molar-refractivity contribution is 0.0252. The molecule has 0 aromatic rings. The lowest BCUT2D eigenvalue weighted by atomic mass is 10.0. The SMILES string of the molecule is CC1CN(C2CCNCC2)CC(C)N1C. The van der Waals surface area contributed by atoms with Crippen LogP contribution in [0.2, 0.25) is 0 Å². The first kappa shape index (κ1) is 11.4. The van der Waals surface area contributed by atoms with Gasteiger partial charge in [0.25, 0.3) is 0 Å². The van der Waals surface area contributed by atoms with Crippen LogP contribution in [0, 0.1) is 0 Å². The summed E-state index contributed by atoms with van der Waals surface area (Å²) < 4.78 is 0. The lowest BCUT2D eigenvalue weighted by Crippen LogP contribution is -2.58. The zero-order valence-electron chi connectivity index (χ0n) is 10.4. The highest BCUT2D eigenvalue weighted by Crippen LogP contribution is 2.19. The molecular formula is C12H25N3. The van der Waals surface area contributed by atoms with Crippen LogP contribution in [0.25, 0.3) is 0 Å². The van der Waals surface area contributed by atoms with E-state index in [0.29, 0.717) is 12.1 Å². The van der Waals surface area contributed by atoms with Crippen LogP contribution in [-0.2, 0) is 0 Å². The van der Waals surface area contributed by atoms with E-state index in [0.717, 1.165) is 6.04 Å². The van der Waals surface area contributed by atoms with Gasteiger partial charge in [0.1, 0.15) is 0 Å². The molecular weight excluding hydrogens is 186 g/mol. The van der Waals surface area contributed by atoms with Gasteiger partial charge < -0.3 is 5.32 Å². The van der Waals surface area contributed by atoms with E-state index < -0.39 is 0 Å². The number of piperidine rings is 1. The zero-order valence-corrected chi connectivity index (χ0v) is 10.4. The van der Waals surface area contributed by atoms with E-state index >= 15 is 0 Å². The van der Waals surface area contributed by atoms with Gasteiger partial charge in [-0.1, -0.05) is 0 Å². The summed E-state index contributed by atoms with van der Waals surface area (Å²) in [5.74, 6) is 0. The van der Waals surface area contributed by atoms with Crippen molar-refractivity contribution in [1.29, 1.82) is 0 Å². The smallest absolute Gasteiger partial charge is 0.0195 e. The van der Waals surface area contributed by atoms with Crippen molar-refractivity contribution in [2.24, 2.45) is 0 Å². The van der Waals surface area contributed by atoms with Gasteiger partial charge in [-0.05, 0) is 46.8 Å². The fraction of sp³-hybridized carbons (Fsp3) is 1.00. The molecule has 2 fully saturated rings. The molecule has 0 amide bonds.